The number of fused-ring (bicyclic) bond motifs is 1. The molecule has 29 heavy (non-hydrogen) atoms. The Morgan fingerprint density at radius 1 is 0.862 bits per heavy atom. The maximum absolute atomic E-state index is 12.6. The predicted molar refractivity (Wildman–Crippen MR) is 114 cm³/mol. The Balaban J connectivity index is 1.63. The van der Waals surface area contributed by atoms with Crippen LogP contribution in [-0.2, 0) is 45.2 Å². The van der Waals surface area contributed by atoms with Gasteiger partial charge in [0.1, 0.15) is 0 Å². The van der Waals surface area contributed by atoms with Gasteiger partial charge >= 0.3 is 0 Å². The van der Waals surface area contributed by atoms with Crippen molar-refractivity contribution >= 4 is 20.0 Å². The highest BCUT2D eigenvalue weighted by molar-refractivity contribution is 7.89. The molecule has 0 radical (unpaired) electrons. The normalized spacial score (nSPS) is 14.7. The Hall–Kier alpha value is -1.74. The summed E-state index contributed by atoms with van der Waals surface area (Å²) in [5.41, 5.74) is 3.79. The Labute approximate surface area is 173 Å². The summed E-state index contributed by atoms with van der Waals surface area (Å²) >= 11 is 0. The average Bonchev–Trinajstić information content (AvgIpc) is 2.66. The fourth-order valence-corrected chi connectivity index (χ4v) is 6.01. The predicted octanol–water partition coefficient (Wildman–Crippen LogP) is 2.87. The summed E-state index contributed by atoms with van der Waals surface area (Å²) in [6, 6.07) is 12.1. The molecule has 158 valence electrons. The van der Waals surface area contributed by atoms with Crippen LogP contribution in [0.1, 0.15) is 48.9 Å². The Kier molecular flexibility index (Phi) is 6.78. The maximum atomic E-state index is 12.6. The van der Waals surface area contributed by atoms with Gasteiger partial charge in [0.15, 0.2) is 0 Å². The number of benzene rings is 2. The van der Waals surface area contributed by atoms with E-state index in [1.165, 1.54) is 5.56 Å². The number of hydrogen-bond acceptors (Lipinski definition) is 4. The molecule has 0 saturated carbocycles. The summed E-state index contributed by atoms with van der Waals surface area (Å²) < 4.78 is 54.5. The van der Waals surface area contributed by atoms with Gasteiger partial charge in [-0.1, -0.05) is 30.3 Å². The third-order valence-corrected chi connectivity index (χ3v) is 7.83. The van der Waals surface area contributed by atoms with Crippen molar-refractivity contribution in [2.24, 2.45) is 0 Å². The topological polar surface area (TPSA) is 92.3 Å². The highest BCUT2D eigenvalue weighted by Crippen LogP contribution is 2.24. The fraction of sp³-hybridized carbons (Fsp3) is 0.429. The lowest BCUT2D eigenvalue weighted by atomic mass is 9.92. The van der Waals surface area contributed by atoms with Gasteiger partial charge in [-0.2, -0.15) is 0 Å². The highest BCUT2D eigenvalue weighted by Gasteiger charge is 2.18. The molecule has 0 spiro atoms. The number of hydrogen-bond donors (Lipinski definition) is 2. The molecule has 2 aromatic carbocycles. The van der Waals surface area contributed by atoms with E-state index in [2.05, 4.69) is 9.44 Å². The van der Waals surface area contributed by atoms with Crippen LogP contribution in [0.5, 0.6) is 0 Å². The van der Waals surface area contributed by atoms with E-state index in [1.807, 2.05) is 6.07 Å². The van der Waals surface area contributed by atoms with Crippen molar-refractivity contribution in [3.05, 3.63) is 64.7 Å². The lowest BCUT2D eigenvalue weighted by Crippen LogP contribution is -2.31. The molecule has 0 atom stereocenters. The van der Waals surface area contributed by atoms with E-state index in [0.29, 0.717) is 10.5 Å². The summed E-state index contributed by atoms with van der Waals surface area (Å²) in [5.74, 6) is -0.105. The molecule has 8 heteroatoms. The molecule has 0 aliphatic heterocycles. The Morgan fingerprint density at radius 2 is 1.48 bits per heavy atom. The zero-order chi connectivity index (χ0) is 21.1. The van der Waals surface area contributed by atoms with Crippen LogP contribution in [0.25, 0.3) is 0 Å². The van der Waals surface area contributed by atoms with E-state index in [-0.39, 0.29) is 18.3 Å². The minimum atomic E-state index is -3.60. The molecule has 0 unspecified atom stereocenters. The second-order valence-electron chi connectivity index (χ2n) is 7.81. The summed E-state index contributed by atoms with van der Waals surface area (Å²) in [6.07, 6.45) is 4.19. The lowest BCUT2D eigenvalue weighted by Gasteiger charge is -2.17. The van der Waals surface area contributed by atoms with Crippen LogP contribution in [-0.4, -0.2) is 22.9 Å². The SMILES string of the molecule is CC(C)NS(=O)(=O)Cc1ccc(CNS(=O)(=O)c2ccc3c(c2)CCCC3)cc1. The lowest BCUT2D eigenvalue weighted by molar-refractivity contribution is 0.569. The molecular formula is C21H28N2O4S2. The molecule has 0 aromatic heterocycles. The first-order valence-electron chi connectivity index (χ1n) is 9.84. The van der Waals surface area contributed by atoms with Crippen molar-refractivity contribution in [2.75, 3.05) is 0 Å². The largest absolute Gasteiger partial charge is 0.240 e. The van der Waals surface area contributed by atoms with Gasteiger partial charge in [0.2, 0.25) is 20.0 Å². The first-order chi connectivity index (χ1) is 13.6. The summed E-state index contributed by atoms with van der Waals surface area (Å²) in [4.78, 5) is 0.292. The number of aryl methyl sites for hydroxylation is 2. The van der Waals surface area contributed by atoms with Gasteiger partial charge in [0.25, 0.3) is 0 Å². The van der Waals surface area contributed by atoms with Crippen LogP contribution in [0, 0.1) is 0 Å². The third-order valence-electron chi connectivity index (χ3n) is 4.89. The zero-order valence-corrected chi connectivity index (χ0v) is 18.4. The van der Waals surface area contributed by atoms with Crippen LogP contribution >= 0.6 is 0 Å². The second-order valence-corrected chi connectivity index (χ2v) is 11.3. The van der Waals surface area contributed by atoms with Crippen LogP contribution in [0.2, 0.25) is 0 Å². The van der Waals surface area contributed by atoms with E-state index in [0.717, 1.165) is 36.8 Å². The monoisotopic (exact) mass is 436 g/mol. The summed E-state index contributed by atoms with van der Waals surface area (Å²) in [7, 11) is -6.99. The molecule has 0 saturated heterocycles. The highest BCUT2D eigenvalue weighted by atomic mass is 32.2. The van der Waals surface area contributed by atoms with E-state index in [1.54, 1.807) is 50.2 Å². The molecule has 6 nitrogen and oxygen atoms in total. The fourth-order valence-electron chi connectivity index (χ4n) is 3.51. The summed E-state index contributed by atoms with van der Waals surface area (Å²) in [6.45, 7) is 3.70. The van der Waals surface area contributed by atoms with Crippen LogP contribution in [0.4, 0.5) is 0 Å². The number of sulfonamides is 2. The van der Waals surface area contributed by atoms with Crippen molar-refractivity contribution in [3.8, 4) is 0 Å². The van der Waals surface area contributed by atoms with E-state index < -0.39 is 20.0 Å². The van der Waals surface area contributed by atoms with Crippen LogP contribution in [0.3, 0.4) is 0 Å². The van der Waals surface area contributed by atoms with Gasteiger partial charge in [-0.3, -0.25) is 0 Å². The van der Waals surface area contributed by atoms with Gasteiger partial charge in [0.05, 0.1) is 10.6 Å². The van der Waals surface area contributed by atoms with E-state index in [9.17, 15) is 16.8 Å². The van der Waals surface area contributed by atoms with Crippen molar-refractivity contribution in [1.82, 2.24) is 9.44 Å². The van der Waals surface area contributed by atoms with E-state index in [4.69, 9.17) is 0 Å². The molecule has 0 amide bonds. The van der Waals surface area contributed by atoms with Gasteiger partial charge in [-0.15, -0.1) is 0 Å². The van der Waals surface area contributed by atoms with Crippen LogP contribution in [0.15, 0.2) is 47.4 Å². The molecule has 1 aliphatic carbocycles. The molecule has 1 aliphatic rings. The van der Waals surface area contributed by atoms with Crippen molar-refractivity contribution < 1.29 is 16.8 Å². The standard InChI is InChI=1S/C21H28N2O4S2/c1-16(2)23-28(24,25)15-18-9-7-17(8-10-18)14-22-29(26,27)21-12-11-19-5-3-4-6-20(19)13-21/h7-13,16,22-23H,3-6,14-15H2,1-2H3. The van der Waals surface area contributed by atoms with E-state index >= 15 is 0 Å². The van der Waals surface area contributed by atoms with Gasteiger partial charge < -0.3 is 0 Å². The maximum Gasteiger partial charge on any atom is 0.240 e. The molecular weight excluding hydrogens is 408 g/mol. The second kappa shape index (κ2) is 8.95. The molecule has 3 rings (SSSR count). The average molecular weight is 437 g/mol. The van der Waals surface area contributed by atoms with Gasteiger partial charge in [-0.25, -0.2) is 26.3 Å². The minimum Gasteiger partial charge on any atom is -0.212 e. The number of rotatable bonds is 8. The first-order valence-corrected chi connectivity index (χ1v) is 13.0. The molecule has 0 bridgehead atoms. The first kappa shape index (κ1) is 22.0. The van der Waals surface area contributed by atoms with Crippen LogP contribution < -0.4 is 9.44 Å². The molecule has 0 heterocycles. The zero-order valence-electron chi connectivity index (χ0n) is 16.8. The van der Waals surface area contributed by atoms with Crippen molar-refractivity contribution in [1.29, 1.82) is 0 Å². The van der Waals surface area contributed by atoms with Crippen molar-refractivity contribution in [2.45, 2.75) is 62.8 Å². The summed E-state index contributed by atoms with van der Waals surface area (Å²) in [5, 5.41) is 0. The van der Waals surface area contributed by atoms with Gasteiger partial charge in [0, 0.05) is 12.6 Å². The Morgan fingerprint density at radius 3 is 2.14 bits per heavy atom. The third kappa shape index (κ3) is 6.12. The van der Waals surface area contributed by atoms with Crippen molar-refractivity contribution in [3.63, 3.8) is 0 Å². The smallest absolute Gasteiger partial charge is 0.212 e. The molecule has 2 N–H and O–H groups in total. The Bertz CT molecular complexity index is 1060. The minimum absolute atomic E-state index is 0.105. The van der Waals surface area contributed by atoms with Gasteiger partial charge in [-0.05, 0) is 73.9 Å². The molecule has 2 aromatic rings. The number of nitrogens with one attached hydrogen (secondary N) is 2. The molecule has 0 fully saturated rings. The quantitative estimate of drug-likeness (QED) is 0.666.